The van der Waals surface area contributed by atoms with Gasteiger partial charge in [0.25, 0.3) is 0 Å². The Balaban J connectivity index is 2.50. The first kappa shape index (κ1) is 16.6. The quantitative estimate of drug-likeness (QED) is 0.496. The number of methoxy groups -OCH3 is 2. The number of hydrogen-bond donors (Lipinski definition) is 2. The van der Waals surface area contributed by atoms with Crippen molar-refractivity contribution in [1.82, 2.24) is 10.6 Å². The molecule has 0 aliphatic carbocycles. The first-order chi connectivity index (χ1) is 10.5. The van der Waals surface area contributed by atoms with E-state index in [0.29, 0.717) is 16.4 Å². The smallest absolute Gasteiger partial charge is 0.337 e. The molecule has 1 aromatic carbocycles. The van der Waals surface area contributed by atoms with E-state index < -0.39 is 5.97 Å². The van der Waals surface area contributed by atoms with Gasteiger partial charge in [-0.2, -0.15) is 0 Å². The highest BCUT2D eigenvalue weighted by Crippen LogP contribution is 2.34. The summed E-state index contributed by atoms with van der Waals surface area (Å²) in [5.41, 5.74) is 2.09. The lowest BCUT2D eigenvalue weighted by Crippen LogP contribution is -2.45. The van der Waals surface area contributed by atoms with Gasteiger partial charge in [0, 0.05) is 10.6 Å². The Labute approximate surface area is 139 Å². The maximum atomic E-state index is 12.1. The average Bonchev–Trinajstić information content (AvgIpc) is 2.52. The van der Waals surface area contributed by atoms with Crippen LogP contribution >= 0.6 is 24.0 Å². The lowest BCUT2D eigenvalue weighted by molar-refractivity contribution is -0.136. The Kier molecular flexibility index (Phi) is 5.31. The average molecular weight is 338 g/mol. The van der Waals surface area contributed by atoms with Crippen molar-refractivity contribution < 1.29 is 14.3 Å². The zero-order valence-corrected chi connectivity index (χ0v) is 14.5. The van der Waals surface area contributed by atoms with Crippen LogP contribution in [-0.2, 0) is 9.53 Å². The molecule has 1 aromatic rings. The minimum atomic E-state index is -0.391. The number of esters is 1. The number of ether oxygens (including phenoxy) is 2. The van der Waals surface area contributed by atoms with E-state index in [2.05, 4.69) is 10.6 Å². The molecule has 0 fully saturated rings. The van der Waals surface area contributed by atoms with Gasteiger partial charge in [0.1, 0.15) is 5.75 Å². The van der Waals surface area contributed by atoms with Gasteiger partial charge in [0.05, 0.1) is 25.8 Å². The SMILES string of the molecule is COC(=O)C1=C(C)NC(=S)N[C@@H]1c1ccc(SC)c(OC)c1. The molecule has 0 radical (unpaired) electrons. The van der Waals surface area contributed by atoms with Crippen LogP contribution in [-0.4, -0.2) is 31.6 Å². The van der Waals surface area contributed by atoms with Crippen LogP contribution in [0.3, 0.4) is 0 Å². The number of carbonyl (C=O) groups is 1. The first-order valence-electron chi connectivity index (χ1n) is 6.60. The molecule has 0 amide bonds. The van der Waals surface area contributed by atoms with Crippen LogP contribution in [0.4, 0.5) is 0 Å². The Morgan fingerprint density at radius 2 is 2.09 bits per heavy atom. The lowest BCUT2D eigenvalue weighted by atomic mass is 9.95. The molecule has 7 heteroatoms. The number of thiocarbonyl (C=S) groups is 1. The molecule has 0 spiro atoms. The number of rotatable bonds is 4. The van der Waals surface area contributed by atoms with Gasteiger partial charge in [-0.1, -0.05) is 6.07 Å². The van der Waals surface area contributed by atoms with Crippen molar-refractivity contribution in [3.05, 3.63) is 35.0 Å². The summed E-state index contributed by atoms with van der Waals surface area (Å²) in [5.74, 6) is 0.371. The highest BCUT2D eigenvalue weighted by Gasteiger charge is 2.30. The number of benzene rings is 1. The van der Waals surface area contributed by atoms with Gasteiger partial charge in [0.15, 0.2) is 5.11 Å². The predicted molar refractivity (Wildman–Crippen MR) is 91.1 cm³/mol. The van der Waals surface area contributed by atoms with E-state index in [1.54, 1.807) is 25.8 Å². The normalized spacial score (nSPS) is 17.6. The molecule has 5 nitrogen and oxygen atoms in total. The fraction of sp³-hybridized carbons (Fsp3) is 0.333. The van der Waals surface area contributed by atoms with Crippen LogP contribution in [0.25, 0.3) is 0 Å². The zero-order chi connectivity index (χ0) is 16.3. The summed E-state index contributed by atoms with van der Waals surface area (Å²) in [7, 11) is 2.99. The van der Waals surface area contributed by atoms with Crippen LogP contribution in [0.2, 0.25) is 0 Å². The maximum absolute atomic E-state index is 12.1. The second kappa shape index (κ2) is 7.02. The van der Waals surface area contributed by atoms with E-state index in [9.17, 15) is 4.79 Å². The molecule has 118 valence electrons. The Bertz CT molecular complexity index is 644. The van der Waals surface area contributed by atoms with E-state index >= 15 is 0 Å². The molecule has 0 saturated carbocycles. The molecule has 0 saturated heterocycles. The topological polar surface area (TPSA) is 59.6 Å². The van der Waals surface area contributed by atoms with Crippen LogP contribution in [0.5, 0.6) is 5.75 Å². The van der Waals surface area contributed by atoms with E-state index in [4.69, 9.17) is 21.7 Å². The van der Waals surface area contributed by atoms with Crippen molar-refractivity contribution in [3.8, 4) is 5.75 Å². The third-order valence-electron chi connectivity index (χ3n) is 3.42. The van der Waals surface area contributed by atoms with E-state index in [1.165, 1.54) is 7.11 Å². The number of hydrogen-bond acceptors (Lipinski definition) is 5. The predicted octanol–water partition coefficient (Wildman–Crippen LogP) is 2.38. The van der Waals surface area contributed by atoms with Gasteiger partial charge in [0.2, 0.25) is 0 Å². The van der Waals surface area contributed by atoms with Gasteiger partial charge in [-0.25, -0.2) is 4.79 Å². The van der Waals surface area contributed by atoms with Gasteiger partial charge in [-0.3, -0.25) is 0 Å². The molecule has 1 heterocycles. The number of carbonyl (C=O) groups excluding carboxylic acids is 1. The lowest BCUT2D eigenvalue weighted by Gasteiger charge is -2.29. The summed E-state index contributed by atoms with van der Waals surface area (Å²) in [6.45, 7) is 1.81. The molecule has 1 aliphatic heterocycles. The van der Waals surface area contributed by atoms with Crippen LogP contribution < -0.4 is 15.4 Å². The van der Waals surface area contributed by atoms with Crippen molar-refractivity contribution in [1.29, 1.82) is 0 Å². The van der Waals surface area contributed by atoms with Gasteiger partial charge < -0.3 is 20.1 Å². The number of thioether (sulfide) groups is 1. The van der Waals surface area contributed by atoms with E-state index in [1.807, 2.05) is 24.5 Å². The van der Waals surface area contributed by atoms with Crippen molar-refractivity contribution in [2.45, 2.75) is 17.9 Å². The van der Waals surface area contributed by atoms with Crippen molar-refractivity contribution in [2.24, 2.45) is 0 Å². The molecule has 1 atom stereocenters. The van der Waals surface area contributed by atoms with E-state index in [-0.39, 0.29) is 6.04 Å². The first-order valence-corrected chi connectivity index (χ1v) is 8.23. The summed E-state index contributed by atoms with van der Waals surface area (Å²) in [4.78, 5) is 13.1. The van der Waals surface area contributed by atoms with Crippen LogP contribution in [0.15, 0.2) is 34.4 Å². The second-order valence-corrected chi connectivity index (χ2v) is 5.93. The molecule has 1 aliphatic rings. The Morgan fingerprint density at radius 1 is 1.36 bits per heavy atom. The van der Waals surface area contributed by atoms with Crippen LogP contribution in [0.1, 0.15) is 18.5 Å². The van der Waals surface area contributed by atoms with Gasteiger partial charge >= 0.3 is 5.97 Å². The Morgan fingerprint density at radius 3 is 2.68 bits per heavy atom. The third-order valence-corrected chi connectivity index (χ3v) is 4.41. The molecule has 0 bridgehead atoms. The second-order valence-electron chi connectivity index (χ2n) is 4.68. The fourth-order valence-electron chi connectivity index (χ4n) is 2.36. The highest BCUT2D eigenvalue weighted by atomic mass is 32.2. The standard InChI is InChI=1S/C15H18N2O3S2/c1-8-12(14(18)20-3)13(17-15(21)16-8)9-5-6-11(22-4)10(7-9)19-2/h5-7,13H,1-4H3,(H2,16,17,21)/t13-/m1/s1. The number of allylic oxidation sites excluding steroid dienone is 1. The third kappa shape index (κ3) is 3.20. The minimum absolute atomic E-state index is 0.369. The highest BCUT2D eigenvalue weighted by molar-refractivity contribution is 7.98. The van der Waals surface area contributed by atoms with Crippen molar-refractivity contribution >= 4 is 35.1 Å². The molecule has 2 N–H and O–H groups in total. The molecule has 22 heavy (non-hydrogen) atoms. The largest absolute Gasteiger partial charge is 0.496 e. The summed E-state index contributed by atoms with van der Waals surface area (Å²) in [5, 5.41) is 6.55. The minimum Gasteiger partial charge on any atom is -0.496 e. The van der Waals surface area contributed by atoms with Crippen LogP contribution in [0, 0.1) is 0 Å². The van der Waals surface area contributed by atoms with E-state index in [0.717, 1.165) is 16.2 Å². The summed E-state index contributed by atoms with van der Waals surface area (Å²) < 4.78 is 10.3. The monoisotopic (exact) mass is 338 g/mol. The Hall–Kier alpha value is -1.73. The summed E-state index contributed by atoms with van der Waals surface area (Å²) in [6.07, 6.45) is 1.99. The molecular weight excluding hydrogens is 320 g/mol. The maximum Gasteiger partial charge on any atom is 0.337 e. The number of nitrogens with one attached hydrogen (secondary N) is 2. The molecular formula is C15H18N2O3S2. The van der Waals surface area contributed by atoms with Crippen molar-refractivity contribution in [3.63, 3.8) is 0 Å². The fourth-order valence-corrected chi connectivity index (χ4v) is 3.18. The van der Waals surface area contributed by atoms with Crippen molar-refractivity contribution in [2.75, 3.05) is 20.5 Å². The molecule has 2 rings (SSSR count). The van der Waals surface area contributed by atoms with Gasteiger partial charge in [-0.15, -0.1) is 11.8 Å². The summed E-state index contributed by atoms with van der Waals surface area (Å²) >= 11 is 6.80. The molecule has 0 aromatic heterocycles. The van der Waals surface area contributed by atoms with Gasteiger partial charge in [-0.05, 0) is 43.1 Å². The molecule has 0 unspecified atom stereocenters. The summed E-state index contributed by atoms with van der Waals surface area (Å²) in [6, 6.07) is 5.46. The zero-order valence-electron chi connectivity index (χ0n) is 12.9.